The summed E-state index contributed by atoms with van der Waals surface area (Å²) in [4.78, 5) is 16.9. The van der Waals surface area contributed by atoms with Crippen LogP contribution in [0.15, 0.2) is 28.8 Å². The summed E-state index contributed by atoms with van der Waals surface area (Å²) in [5.74, 6) is 1.05. The van der Waals surface area contributed by atoms with Crippen molar-refractivity contribution in [1.82, 2.24) is 15.0 Å². The third kappa shape index (κ3) is 3.88. The molecule has 0 bridgehead atoms. The maximum Gasteiger partial charge on any atom is 0.227 e. The molecule has 1 aliphatic rings. The molecule has 3 rings (SSSR count). The van der Waals surface area contributed by atoms with Crippen molar-refractivity contribution in [3.8, 4) is 11.3 Å². The summed E-state index contributed by atoms with van der Waals surface area (Å²) in [6.07, 6.45) is 0.706. The van der Waals surface area contributed by atoms with Gasteiger partial charge in [-0.3, -0.25) is 4.79 Å². The second-order valence-electron chi connectivity index (χ2n) is 6.71. The van der Waals surface area contributed by atoms with E-state index >= 15 is 0 Å². The monoisotopic (exact) mass is 361 g/mol. The highest BCUT2D eigenvalue weighted by Crippen LogP contribution is 2.31. The predicted octanol–water partition coefficient (Wildman–Crippen LogP) is 3.47. The molecule has 0 saturated heterocycles. The Morgan fingerprint density at radius 1 is 1.40 bits per heavy atom. The van der Waals surface area contributed by atoms with Gasteiger partial charge >= 0.3 is 0 Å². The van der Waals surface area contributed by atoms with E-state index in [0.717, 1.165) is 35.7 Å². The average Bonchev–Trinajstić information content (AvgIpc) is 3.04. The molecule has 2 heterocycles. The molecule has 1 aromatic heterocycles. The fourth-order valence-corrected chi connectivity index (χ4v) is 3.34. The molecule has 0 aliphatic carbocycles. The van der Waals surface area contributed by atoms with E-state index in [1.807, 2.05) is 43.1 Å². The van der Waals surface area contributed by atoms with Crippen molar-refractivity contribution < 1.29 is 9.32 Å². The Hall–Kier alpha value is -1.85. The van der Waals surface area contributed by atoms with Crippen molar-refractivity contribution in [3.63, 3.8) is 0 Å². The van der Waals surface area contributed by atoms with Crippen LogP contribution in [0.2, 0.25) is 5.02 Å². The van der Waals surface area contributed by atoms with Crippen LogP contribution in [-0.4, -0.2) is 47.5 Å². The van der Waals surface area contributed by atoms with Crippen LogP contribution in [0, 0.1) is 5.92 Å². The smallest absolute Gasteiger partial charge is 0.227 e. The van der Waals surface area contributed by atoms with E-state index in [1.165, 1.54) is 0 Å². The molecule has 0 fully saturated rings. The topological polar surface area (TPSA) is 49.6 Å². The fourth-order valence-electron chi connectivity index (χ4n) is 3.22. The Labute approximate surface area is 153 Å². The SMILES string of the molecule is CCN(C)C[C@@H](C)C(=O)N1CCc2onc(-c3ccc(Cl)cc3)c2C1. The number of nitrogens with zero attached hydrogens (tertiary/aromatic N) is 3. The van der Waals surface area contributed by atoms with Gasteiger partial charge in [-0.2, -0.15) is 0 Å². The fraction of sp³-hybridized carbons (Fsp3) is 0.474. The van der Waals surface area contributed by atoms with Gasteiger partial charge in [-0.05, 0) is 25.7 Å². The first-order valence-electron chi connectivity index (χ1n) is 8.70. The van der Waals surface area contributed by atoms with Gasteiger partial charge in [0.25, 0.3) is 0 Å². The molecule has 1 aliphatic heterocycles. The quantitative estimate of drug-likeness (QED) is 0.818. The number of halogens is 1. The average molecular weight is 362 g/mol. The van der Waals surface area contributed by atoms with E-state index in [4.69, 9.17) is 16.1 Å². The van der Waals surface area contributed by atoms with Crippen molar-refractivity contribution >= 4 is 17.5 Å². The van der Waals surface area contributed by atoms with Crippen molar-refractivity contribution in [2.24, 2.45) is 5.92 Å². The number of hydrogen-bond acceptors (Lipinski definition) is 4. The Kier molecular flexibility index (Phi) is 5.45. The molecule has 1 aromatic carbocycles. The maximum atomic E-state index is 12.8. The largest absolute Gasteiger partial charge is 0.360 e. The minimum atomic E-state index is -0.0228. The van der Waals surface area contributed by atoms with Crippen LogP contribution in [-0.2, 0) is 17.8 Å². The maximum absolute atomic E-state index is 12.8. The van der Waals surface area contributed by atoms with E-state index in [0.29, 0.717) is 24.5 Å². The van der Waals surface area contributed by atoms with Gasteiger partial charge < -0.3 is 14.3 Å². The summed E-state index contributed by atoms with van der Waals surface area (Å²) < 4.78 is 5.51. The normalized spacial score (nSPS) is 15.3. The van der Waals surface area contributed by atoms with Gasteiger partial charge in [0.05, 0.1) is 6.54 Å². The number of fused-ring (bicyclic) bond motifs is 1. The highest BCUT2D eigenvalue weighted by molar-refractivity contribution is 6.30. The predicted molar refractivity (Wildman–Crippen MR) is 98.4 cm³/mol. The molecular weight excluding hydrogens is 338 g/mol. The summed E-state index contributed by atoms with van der Waals surface area (Å²) in [7, 11) is 2.04. The summed E-state index contributed by atoms with van der Waals surface area (Å²) in [6, 6.07) is 7.54. The first-order chi connectivity index (χ1) is 12.0. The Morgan fingerprint density at radius 3 is 2.80 bits per heavy atom. The first kappa shape index (κ1) is 18.0. The van der Waals surface area contributed by atoms with Crippen LogP contribution in [0.25, 0.3) is 11.3 Å². The van der Waals surface area contributed by atoms with Gasteiger partial charge in [0, 0.05) is 41.6 Å². The van der Waals surface area contributed by atoms with Crippen molar-refractivity contribution in [1.29, 1.82) is 0 Å². The number of carbonyl (C=O) groups excluding carboxylic acids is 1. The molecule has 0 radical (unpaired) electrons. The van der Waals surface area contributed by atoms with Gasteiger partial charge in [-0.15, -0.1) is 0 Å². The van der Waals surface area contributed by atoms with E-state index in [2.05, 4.69) is 17.0 Å². The molecule has 1 amide bonds. The number of benzene rings is 1. The molecule has 2 aromatic rings. The van der Waals surface area contributed by atoms with Gasteiger partial charge in [0.1, 0.15) is 11.5 Å². The third-order valence-electron chi connectivity index (χ3n) is 4.80. The molecule has 0 unspecified atom stereocenters. The molecule has 0 spiro atoms. The minimum Gasteiger partial charge on any atom is -0.360 e. The van der Waals surface area contributed by atoms with Crippen LogP contribution in [0.4, 0.5) is 0 Å². The zero-order valence-corrected chi connectivity index (χ0v) is 15.7. The third-order valence-corrected chi connectivity index (χ3v) is 5.06. The molecule has 25 heavy (non-hydrogen) atoms. The molecule has 1 atom stereocenters. The minimum absolute atomic E-state index is 0.0228. The van der Waals surface area contributed by atoms with Crippen molar-refractivity contribution in [2.45, 2.75) is 26.8 Å². The lowest BCUT2D eigenvalue weighted by atomic mass is 10.00. The van der Waals surface area contributed by atoms with E-state index in [1.54, 1.807) is 0 Å². The lowest BCUT2D eigenvalue weighted by Gasteiger charge is -2.30. The van der Waals surface area contributed by atoms with Gasteiger partial charge in [0.15, 0.2) is 0 Å². The molecule has 0 N–H and O–H groups in total. The standard InChI is InChI=1S/C19H24ClN3O2/c1-4-22(3)11-13(2)19(24)23-10-9-17-16(12-23)18(21-25-17)14-5-7-15(20)8-6-14/h5-8,13H,4,9-12H2,1-3H3/t13-/m1/s1. The first-order valence-corrected chi connectivity index (χ1v) is 9.08. The Balaban J connectivity index is 1.77. The second-order valence-corrected chi connectivity index (χ2v) is 7.14. The molecule has 134 valence electrons. The van der Waals surface area contributed by atoms with Crippen molar-refractivity contribution in [3.05, 3.63) is 40.6 Å². The zero-order valence-electron chi connectivity index (χ0n) is 15.0. The number of aromatic nitrogens is 1. The highest BCUT2D eigenvalue weighted by Gasteiger charge is 2.29. The van der Waals surface area contributed by atoms with Crippen LogP contribution >= 0.6 is 11.6 Å². The number of carbonyl (C=O) groups is 1. The van der Waals surface area contributed by atoms with Crippen molar-refractivity contribution in [2.75, 3.05) is 26.7 Å². The molecule has 5 nitrogen and oxygen atoms in total. The van der Waals surface area contributed by atoms with E-state index < -0.39 is 0 Å². The van der Waals surface area contributed by atoms with Crippen LogP contribution < -0.4 is 0 Å². The summed E-state index contributed by atoms with van der Waals surface area (Å²) in [6.45, 7) is 7.04. The zero-order chi connectivity index (χ0) is 18.0. The lowest BCUT2D eigenvalue weighted by Crippen LogP contribution is -2.42. The summed E-state index contributed by atoms with van der Waals surface area (Å²) in [5, 5.41) is 4.92. The summed E-state index contributed by atoms with van der Waals surface area (Å²) >= 11 is 5.97. The van der Waals surface area contributed by atoms with E-state index in [9.17, 15) is 4.79 Å². The number of hydrogen-bond donors (Lipinski definition) is 0. The molecule has 0 saturated carbocycles. The highest BCUT2D eigenvalue weighted by atomic mass is 35.5. The van der Waals surface area contributed by atoms with Crippen LogP contribution in [0.3, 0.4) is 0 Å². The van der Waals surface area contributed by atoms with Gasteiger partial charge in [-0.25, -0.2) is 0 Å². The van der Waals surface area contributed by atoms with Crippen LogP contribution in [0.1, 0.15) is 25.2 Å². The Bertz CT molecular complexity index is 742. The second kappa shape index (κ2) is 7.58. The Morgan fingerprint density at radius 2 is 2.12 bits per heavy atom. The molecular formula is C19H24ClN3O2. The molecule has 6 heteroatoms. The van der Waals surface area contributed by atoms with Gasteiger partial charge in [-0.1, -0.05) is 42.7 Å². The number of rotatable bonds is 5. The lowest BCUT2D eigenvalue weighted by molar-refractivity contribution is -0.136. The van der Waals surface area contributed by atoms with E-state index in [-0.39, 0.29) is 11.8 Å². The van der Waals surface area contributed by atoms with Gasteiger partial charge in [0.2, 0.25) is 5.91 Å². The summed E-state index contributed by atoms with van der Waals surface area (Å²) in [5.41, 5.74) is 2.78. The van der Waals surface area contributed by atoms with Crippen LogP contribution in [0.5, 0.6) is 0 Å². The number of amides is 1.